The Kier molecular flexibility index (Phi) is 8.54. The first-order valence-electron chi connectivity index (χ1n) is 9.80. The monoisotopic (exact) mass is 362 g/mol. The number of aromatic hydroxyl groups is 1. The molecule has 6 heteroatoms. The van der Waals surface area contributed by atoms with Gasteiger partial charge in [0.1, 0.15) is 0 Å². The van der Waals surface area contributed by atoms with Gasteiger partial charge in [-0.1, -0.05) is 19.4 Å². The van der Waals surface area contributed by atoms with Crippen LogP contribution in [0.2, 0.25) is 0 Å². The van der Waals surface area contributed by atoms with E-state index >= 15 is 0 Å². The normalized spacial score (nSPS) is 18.6. The third-order valence-electron chi connectivity index (χ3n) is 4.92. The number of ether oxygens (including phenoxy) is 1. The number of piperidine rings is 1. The number of likely N-dealkylation sites (tertiary alicyclic amines) is 1. The molecule has 0 bridgehead atoms. The number of phenolic OH excluding ortho intramolecular Hbond substituents is 1. The Morgan fingerprint density at radius 3 is 2.85 bits per heavy atom. The zero-order valence-corrected chi connectivity index (χ0v) is 16.4. The third kappa shape index (κ3) is 6.09. The van der Waals surface area contributed by atoms with Crippen LogP contribution in [-0.4, -0.2) is 55.3 Å². The molecule has 1 aromatic rings. The molecular formula is C20H34N4O2. The maximum Gasteiger partial charge on any atom is 0.191 e. The number of hydrogen-bond donors (Lipinski definition) is 3. The summed E-state index contributed by atoms with van der Waals surface area (Å²) in [5.74, 6) is 1.44. The quantitative estimate of drug-likeness (QED) is 0.490. The van der Waals surface area contributed by atoms with Crippen LogP contribution < -0.4 is 15.4 Å². The third-order valence-corrected chi connectivity index (χ3v) is 4.92. The lowest BCUT2D eigenvalue weighted by Crippen LogP contribution is -2.45. The second-order valence-corrected chi connectivity index (χ2v) is 6.72. The molecule has 1 aromatic carbocycles. The van der Waals surface area contributed by atoms with Crippen LogP contribution in [0.15, 0.2) is 23.2 Å². The van der Waals surface area contributed by atoms with Crippen molar-refractivity contribution in [3.8, 4) is 11.5 Å². The van der Waals surface area contributed by atoms with Crippen LogP contribution in [-0.2, 0) is 6.54 Å². The number of rotatable bonds is 8. The fourth-order valence-electron chi connectivity index (χ4n) is 3.48. The lowest BCUT2D eigenvalue weighted by atomic mass is 10.0. The molecule has 1 aliphatic rings. The molecule has 0 saturated carbocycles. The van der Waals surface area contributed by atoms with Crippen LogP contribution in [0.4, 0.5) is 0 Å². The highest BCUT2D eigenvalue weighted by Crippen LogP contribution is 2.26. The van der Waals surface area contributed by atoms with Crippen LogP contribution in [0, 0.1) is 0 Å². The van der Waals surface area contributed by atoms with Crippen molar-refractivity contribution < 1.29 is 9.84 Å². The van der Waals surface area contributed by atoms with Gasteiger partial charge in [0.25, 0.3) is 0 Å². The summed E-state index contributed by atoms with van der Waals surface area (Å²) in [5.41, 5.74) is 0.947. The molecule has 1 unspecified atom stereocenters. The Labute approximate surface area is 157 Å². The first-order valence-corrected chi connectivity index (χ1v) is 9.80. The molecule has 0 aromatic heterocycles. The van der Waals surface area contributed by atoms with E-state index in [1.807, 2.05) is 6.07 Å². The number of nitrogens with zero attached hydrogens (tertiary/aromatic N) is 2. The highest BCUT2D eigenvalue weighted by molar-refractivity contribution is 5.79. The van der Waals surface area contributed by atoms with Gasteiger partial charge in [0.15, 0.2) is 17.5 Å². The smallest absolute Gasteiger partial charge is 0.191 e. The molecule has 26 heavy (non-hydrogen) atoms. The van der Waals surface area contributed by atoms with Crippen LogP contribution in [0.25, 0.3) is 0 Å². The van der Waals surface area contributed by atoms with E-state index in [0.717, 1.165) is 37.2 Å². The molecule has 2 rings (SSSR count). The second-order valence-electron chi connectivity index (χ2n) is 6.72. The summed E-state index contributed by atoms with van der Waals surface area (Å²) in [5, 5.41) is 16.6. The topological polar surface area (TPSA) is 69.1 Å². The highest BCUT2D eigenvalue weighted by atomic mass is 16.5. The van der Waals surface area contributed by atoms with Crippen LogP contribution >= 0.6 is 0 Å². The van der Waals surface area contributed by atoms with Crippen molar-refractivity contribution in [3.63, 3.8) is 0 Å². The zero-order chi connectivity index (χ0) is 18.8. The van der Waals surface area contributed by atoms with Crippen molar-refractivity contribution in [2.75, 3.05) is 33.3 Å². The van der Waals surface area contributed by atoms with E-state index in [2.05, 4.69) is 34.4 Å². The zero-order valence-electron chi connectivity index (χ0n) is 16.4. The summed E-state index contributed by atoms with van der Waals surface area (Å²) in [4.78, 5) is 7.22. The lowest BCUT2D eigenvalue weighted by molar-refractivity contribution is 0.147. The van der Waals surface area contributed by atoms with Gasteiger partial charge in [-0.3, -0.25) is 4.90 Å². The minimum atomic E-state index is 0.147. The maximum atomic E-state index is 9.88. The standard InChI is InChI=1S/C20H34N4O2/c1-4-17-8-6-7-12-24(17)13-11-22-20(21-5-2)23-15-16-9-10-19(26-3)18(25)14-16/h9-10,14,17,25H,4-8,11-13,15H2,1-3H3,(H2,21,22,23). The number of hydrogen-bond acceptors (Lipinski definition) is 4. The molecule has 3 N–H and O–H groups in total. The molecule has 146 valence electrons. The van der Waals surface area contributed by atoms with E-state index in [4.69, 9.17) is 4.74 Å². The van der Waals surface area contributed by atoms with E-state index in [9.17, 15) is 5.11 Å². The molecular weight excluding hydrogens is 328 g/mol. The van der Waals surface area contributed by atoms with Gasteiger partial charge in [-0.2, -0.15) is 0 Å². The van der Waals surface area contributed by atoms with Crippen molar-refractivity contribution in [1.29, 1.82) is 0 Å². The molecule has 1 aliphatic heterocycles. The predicted molar refractivity (Wildman–Crippen MR) is 107 cm³/mol. The number of nitrogens with one attached hydrogen (secondary N) is 2. The number of aliphatic imine (C=N–C) groups is 1. The number of methoxy groups -OCH3 is 1. The fourth-order valence-corrected chi connectivity index (χ4v) is 3.48. The first-order chi connectivity index (χ1) is 12.7. The molecule has 0 amide bonds. The van der Waals surface area contributed by atoms with Crippen molar-refractivity contribution in [2.24, 2.45) is 4.99 Å². The van der Waals surface area contributed by atoms with Gasteiger partial charge in [-0.05, 0) is 50.4 Å². The Morgan fingerprint density at radius 2 is 2.15 bits per heavy atom. The SMILES string of the molecule is CCNC(=NCc1ccc(OC)c(O)c1)NCCN1CCCCC1CC. The van der Waals surface area contributed by atoms with Crippen molar-refractivity contribution in [1.82, 2.24) is 15.5 Å². The van der Waals surface area contributed by atoms with Gasteiger partial charge in [0, 0.05) is 25.7 Å². The van der Waals surface area contributed by atoms with Gasteiger partial charge in [0.2, 0.25) is 0 Å². The lowest BCUT2D eigenvalue weighted by Gasteiger charge is -2.35. The van der Waals surface area contributed by atoms with E-state index in [0.29, 0.717) is 12.3 Å². The van der Waals surface area contributed by atoms with Crippen molar-refractivity contribution in [2.45, 2.75) is 52.1 Å². The molecule has 0 aliphatic carbocycles. The number of phenols is 1. The average molecular weight is 363 g/mol. The Balaban J connectivity index is 1.86. The summed E-state index contributed by atoms with van der Waals surface area (Å²) in [6, 6.07) is 6.12. The number of benzene rings is 1. The first kappa shape index (κ1) is 20.4. The summed E-state index contributed by atoms with van der Waals surface area (Å²) >= 11 is 0. The van der Waals surface area contributed by atoms with Crippen LogP contribution in [0.1, 0.15) is 45.1 Å². The Bertz CT molecular complexity index is 577. The second kappa shape index (κ2) is 10.9. The molecule has 0 spiro atoms. The summed E-state index contributed by atoms with van der Waals surface area (Å²) in [6.45, 7) is 8.82. The average Bonchev–Trinajstić information content (AvgIpc) is 2.66. The molecule has 1 heterocycles. The van der Waals surface area contributed by atoms with Gasteiger partial charge in [-0.25, -0.2) is 4.99 Å². The summed E-state index contributed by atoms with van der Waals surface area (Å²) < 4.78 is 5.08. The highest BCUT2D eigenvalue weighted by Gasteiger charge is 2.19. The summed E-state index contributed by atoms with van der Waals surface area (Å²) in [7, 11) is 1.55. The van der Waals surface area contributed by atoms with Crippen LogP contribution in [0.3, 0.4) is 0 Å². The molecule has 1 fully saturated rings. The summed E-state index contributed by atoms with van der Waals surface area (Å²) in [6.07, 6.45) is 5.23. The van der Waals surface area contributed by atoms with Crippen molar-refractivity contribution >= 4 is 5.96 Å². The van der Waals surface area contributed by atoms with Crippen LogP contribution in [0.5, 0.6) is 11.5 Å². The predicted octanol–water partition coefficient (Wildman–Crippen LogP) is 2.72. The molecule has 6 nitrogen and oxygen atoms in total. The van der Waals surface area contributed by atoms with E-state index < -0.39 is 0 Å². The van der Waals surface area contributed by atoms with E-state index in [1.54, 1.807) is 19.2 Å². The molecule has 0 radical (unpaired) electrons. The molecule has 1 saturated heterocycles. The minimum absolute atomic E-state index is 0.147. The molecule has 1 atom stereocenters. The largest absolute Gasteiger partial charge is 0.504 e. The Hall–Kier alpha value is -1.95. The minimum Gasteiger partial charge on any atom is -0.504 e. The Morgan fingerprint density at radius 1 is 1.31 bits per heavy atom. The van der Waals surface area contributed by atoms with Gasteiger partial charge >= 0.3 is 0 Å². The van der Waals surface area contributed by atoms with E-state index in [-0.39, 0.29) is 5.75 Å². The van der Waals surface area contributed by atoms with Gasteiger partial charge in [0.05, 0.1) is 13.7 Å². The van der Waals surface area contributed by atoms with Gasteiger partial charge < -0.3 is 20.5 Å². The number of guanidine groups is 1. The fraction of sp³-hybridized carbons (Fsp3) is 0.650. The van der Waals surface area contributed by atoms with Crippen molar-refractivity contribution in [3.05, 3.63) is 23.8 Å². The maximum absolute atomic E-state index is 9.88. The van der Waals surface area contributed by atoms with E-state index in [1.165, 1.54) is 32.2 Å². The van der Waals surface area contributed by atoms with Gasteiger partial charge in [-0.15, -0.1) is 0 Å².